The molecule has 5 saturated carbocycles. The van der Waals surface area contributed by atoms with Crippen LogP contribution in [0.15, 0.2) is 152 Å². The van der Waals surface area contributed by atoms with E-state index in [9.17, 15) is 0 Å². The molecule has 39 heteroatoms. The second-order valence-corrected chi connectivity index (χ2v) is 31.5. The van der Waals surface area contributed by atoms with Crippen molar-refractivity contribution in [2.45, 2.75) is 204 Å². The number of nitrogens with zero attached hydrogens (tertiary/aromatic N) is 15. The summed E-state index contributed by atoms with van der Waals surface area (Å²) in [6.07, 6.45) is 24.0. The summed E-state index contributed by atoms with van der Waals surface area (Å²) in [4.78, 5) is 23.5. The second kappa shape index (κ2) is 50.0. The Kier molecular flexibility index (Phi) is 43.7. The van der Waals surface area contributed by atoms with E-state index in [-0.39, 0.29) is 147 Å². The van der Waals surface area contributed by atoms with Crippen LogP contribution in [0.1, 0.15) is 147 Å². The number of fused-ring (bicyclic) bond motifs is 5. The number of hydrogen-bond acceptors (Lipinski definition) is 24. The normalized spacial score (nSPS) is 19.5. The molecule has 3 aromatic carbocycles. The van der Waals surface area contributed by atoms with Gasteiger partial charge in [0.1, 0.15) is 52.2 Å². The molecule has 0 aliphatic heterocycles. The monoisotopic (exact) mass is 1870 g/mol. The molecule has 10 atom stereocenters. The smallest absolute Gasteiger partial charge is 0.160 e. The number of aryl methyl sites for hydroxylation is 1. The Morgan fingerprint density at radius 3 is 1.24 bits per heavy atom. The molecule has 0 amide bonds. The molecular formula is C84H130N26O3S10. The fourth-order valence-electron chi connectivity index (χ4n) is 15.8. The number of aromatic nitrogens is 15. The quantitative estimate of drug-likeness (QED) is 0.0358. The summed E-state index contributed by atoms with van der Waals surface area (Å²) < 4.78 is 25.3. The number of para-hydroxylation sites is 1. The molecule has 13 aromatic rings. The minimum atomic E-state index is 0. The zero-order chi connectivity index (χ0) is 78.8. The summed E-state index contributed by atoms with van der Waals surface area (Å²) >= 11 is 0. The number of nitrogen functional groups attached to an aromatic ring is 1. The number of nitrogens with two attached hydrogens (primary N) is 6. The lowest BCUT2D eigenvalue weighted by Crippen LogP contribution is -2.22. The van der Waals surface area contributed by atoms with Gasteiger partial charge in [0.15, 0.2) is 28.2 Å². The standard InChI is InChI=1S/3C18H21N5O.C16H25N5.C14H22N6.10H2S/c1-24-15-6-2-12(3-7-15)16-11-18(21-14-5-4-13(19)10-14)23-17(22-16)8-9-20-23;1-24-15-4-2-3-12(9-15)16-11-18(21-14-6-5-13(19)10-14)23-17(22-16)7-8-20-23;1-24-16-5-3-2-4-14(16)15-11-18(21-13-7-6-12(19)10-13)23-17(22-15)8-9-20-23;1-10(2)6-14-8-15(19-13-5-4-12(17)7-13)21-16(20-14)11(3)9-18-21;1-8(2)11-6-13(17-10-4-3-9(15)5-10)20-14(18-11)7-12(16)19-20;;;;;;;;;;/h2-3,6-9,11,13-14,21H,4-5,10,19H2,1H3;2-4,7-9,11,13-14,21H,5-6,10,19H2,1H3;2-5,8-9,11-13,21H,6-7,10,19H2,1H3;8-10,12-13,19H,4-7,17H2,1-3H3;6-10,17H,3-5,15H2,1-2H3,(H2,16,19);10*1H2/t2*13-,14-;2*12-,13-;9-,10-;;;;;;;;;;/m00000........../s1. The molecule has 0 spiro atoms. The SMILES string of the molecule is CC(C)c1cc(N[C@H]2CC[C@H](N)C2)n2nc(N)cc2n1.COc1ccc(-c2cc(N[C@H]3CC[C@H](N)C3)n3nccc3n2)cc1.COc1cccc(-c2cc(N[C@H]3CC[C@H](N)C3)n3nccc3n2)c1.COc1ccccc1-c1cc(N[C@H]2CC[C@H](N)C2)n2nccc2n1.Cc1cnn2c(N[C@H]3CC[C@H](N)C3)cc(CC(C)C)nc12.S.S.S.S.S.S.S.S.S.S. The molecular weight excluding hydrogens is 1740 g/mol. The molecule has 5 aliphatic rings. The highest BCUT2D eigenvalue weighted by atomic mass is 32.1. The van der Waals surface area contributed by atoms with Crippen LogP contribution in [0.3, 0.4) is 0 Å². The molecule has 10 heterocycles. The highest BCUT2D eigenvalue weighted by Gasteiger charge is 2.29. The highest BCUT2D eigenvalue weighted by Crippen LogP contribution is 2.35. The third kappa shape index (κ3) is 27.4. The largest absolute Gasteiger partial charge is 0.497 e. The summed E-state index contributed by atoms with van der Waals surface area (Å²) in [5.41, 5.74) is 49.1. The van der Waals surface area contributed by atoms with E-state index in [2.05, 4.69) is 104 Å². The van der Waals surface area contributed by atoms with Gasteiger partial charge in [0.25, 0.3) is 0 Å². The van der Waals surface area contributed by atoms with Gasteiger partial charge in [-0.15, -0.1) is 5.10 Å². The fourth-order valence-corrected chi connectivity index (χ4v) is 15.8. The van der Waals surface area contributed by atoms with Gasteiger partial charge < -0.3 is 75.2 Å². The molecule has 123 heavy (non-hydrogen) atoms. The lowest BCUT2D eigenvalue weighted by molar-refractivity contribution is 0.415. The fraction of sp³-hybridized carbons (Fsp3) is 0.429. The van der Waals surface area contributed by atoms with Crippen LogP contribution in [-0.2, 0) is 6.42 Å². The molecule has 0 radical (unpaired) electrons. The minimum Gasteiger partial charge on any atom is -0.497 e. The topological polar surface area (TPSA) is 395 Å². The van der Waals surface area contributed by atoms with Crippen molar-refractivity contribution in [3.8, 4) is 51.0 Å². The van der Waals surface area contributed by atoms with E-state index in [0.29, 0.717) is 66.0 Å². The molecule has 17 N–H and O–H groups in total. The van der Waals surface area contributed by atoms with Gasteiger partial charge in [-0.2, -0.15) is 178 Å². The average Bonchev–Trinajstić information content (AvgIpc) is 1.72. The zero-order valence-corrected chi connectivity index (χ0v) is 81.1. The lowest BCUT2D eigenvalue weighted by Gasteiger charge is -2.16. The summed E-state index contributed by atoms with van der Waals surface area (Å²) in [5, 5.41) is 39.9. The molecule has 18 rings (SSSR count). The van der Waals surface area contributed by atoms with E-state index in [0.717, 1.165) is 228 Å². The van der Waals surface area contributed by atoms with Crippen LogP contribution in [0.5, 0.6) is 17.2 Å². The van der Waals surface area contributed by atoms with Crippen LogP contribution in [0.25, 0.3) is 62.0 Å². The Hall–Kier alpha value is -7.74. The number of hydrogen-bond donors (Lipinski definition) is 11. The van der Waals surface area contributed by atoms with Crippen molar-refractivity contribution in [1.82, 2.24) is 73.0 Å². The lowest BCUT2D eigenvalue weighted by atomic mass is 10.1. The van der Waals surface area contributed by atoms with Crippen molar-refractivity contribution in [2.75, 3.05) is 53.6 Å². The molecule has 5 fully saturated rings. The molecule has 0 bridgehead atoms. The Morgan fingerprint density at radius 1 is 0.390 bits per heavy atom. The van der Waals surface area contributed by atoms with Gasteiger partial charge >= 0.3 is 0 Å². The number of rotatable bonds is 19. The molecule has 29 nitrogen and oxygen atoms in total. The molecule has 0 unspecified atom stereocenters. The van der Waals surface area contributed by atoms with Crippen molar-refractivity contribution in [1.29, 1.82) is 0 Å². The van der Waals surface area contributed by atoms with E-state index in [4.69, 9.17) is 68.5 Å². The summed E-state index contributed by atoms with van der Waals surface area (Å²) in [7, 11) is 5.01. The zero-order valence-electron chi connectivity index (χ0n) is 71.1. The average molecular weight is 1870 g/mol. The third-order valence-corrected chi connectivity index (χ3v) is 21.7. The summed E-state index contributed by atoms with van der Waals surface area (Å²) in [6, 6.07) is 45.1. The Morgan fingerprint density at radius 2 is 0.813 bits per heavy atom. The van der Waals surface area contributed by atoms with Crippen molar-refractivity contribution in [3.63, 3.8) is 0 Å². The summed E-state index contributed by atoms with van der Waals surface area (Å²) in [5.74, 6) is 8.74. The van der Waals surface area contributed by atoms with Crippen LogP contribution in [0.2, 0.25) is 0 Å². The third-order valence-electron chi connectivity index (χ3n) is 21.7. The van der Waals surface area contributed by atoms with Crippen LogP contribution in [-0.4, -0.2) is 155 Å². The second-order valence-electron chi connectivity index (χ2n) is 31.5. The molecule has 5 aliphatic carbocycles. The van der Waals surface area contributed by atoms with Crippen LogP contribution in [0, 0.1) is 12.8 Å². The molecule has 10 aromatic heterocycles. The maximum absolute atomic E-state index is 6.04. The van der Waals surface area contributed by atoms with E-state index >= 15 is 0 Å². The number of ether oxygens (including phenoxy) is 3. The first-order valence-corrected chi connectivity index (χ1v) is 39.8. The van der Waals surface area contributed by atoms with Crippen molar-refractivity contribution < 1.29 is 14.2 Å². The maximum Gasteiger partial charge on any atom is 0.160 e. The number of anilines is 6. The maximum atomic E-state index is 6.04. The van der Waals surface area contributed by atoms with Gasteiger partial charge in [-0.25, -0.2) is 24.9 Å². The van der Waals surface area contributed by atoms with Gasteiger partial charge in [-0.3, -0.25) is 0 Å². The minimum absolute atomic E-state index is 0. The van der Waals surface area contributed by atoms with Crippen molar-refractivity contribution in [3.05, 3.63) is 169 Å². The van der Waals surface area contributed by atoms with Crippen LogP contribution in [0.4, 0.5) is 34.9 Å². The predicted octanol–water partition coefficient (Wildman–Crippen LogP) is 13.5. The van der Waals surface area contributed by atoms with Crippen molar-refractivity contribution >= 4 is 198 Å². The first-order valence-electron chi connectivity index (χ1n) is 39.8. The molecule has 674 valence electrons. The molecule has 0 saturated heterocycles. The number of methoxy groups -OCH3 is 3. The van der Waals surface area contributed by atoms with E-state index in [1.165, 1.54) is 0 Å². The van der Waals surface area contributed by atoms with Crippen LogP contribution >= 0.6 is 135 Å². The summed E-state index contributed by atoms with van der Waals surface area (Å²) in [6.45, 7) is 10.8. The Bertz CT molecular complexity index is 5370. The van der Waals surface area contributed by atoms with Crippen LogP contribution < -0.4 is 75.2 Å². The predicted molar refractivity (Wildman–Crippen MR) is 553 cm³/mol. The van der Waals surface area contributed by atoms with E-state index in [1.807, 2.05) is 133 Å². The highest BCUT2D eigenvalue weighted by molar-refractivity contribution is 7.60. The van der Waals surface area contributed by atoms with E-state index in [1.54, 1.807) is 50.5 Å². The van der Waals surface area contributed by atoms with Gasteiger partial charge in [0.2, 0.25) is 0 Å². The van der Waals surface area contributed by atoms with Gasteiger partial charge in [0, 0.05) is 149 Å². The Balaban J connectivity index is 0.000000317. The van der Waals surface area contributed by atoms with Gasteiger partial charge in [-0.05, 0) is 170 Å². The number of benzene rings is 3. The van der Waals surface area contributed by atoms with Gasteiger partial charge in [0.05, 0.1) is 63.2 Å². The van der Waals surface area contributed by atoms with Crippen molar-refractivity contribution in [2.24, 2.45) is 34.6 Å². The number of nitrogens with one attached hydrogen (secondary N) is 5. The van der Waals surface area contributed by atoms with E-state index < -0.39 is 0 Å². The Labute approximate surface area is 791 Å². The first kappa shape index (κ1) is 108. The first-order chi connectivity index (χ1) is 54.7. The van der Waals surface area contributed by atoms with Gasteiger partial charge in [-0.1, -0.05) is 52.0 Å².